The first kappa shape index (κ1) is 19.0. The molecule has 0 saturated heterocycles. The SMILES string of the molecule is CC(C)N(C(=O)[C@H](C)OC(=O)c1ccc2c(c1)CCC(=O)N2)C(C)C. The van der Waals surface area contributed by atoms with Gasteiger partial charge in [-0.15, -0.1) is 0 Å². The molecule has 1 aromatic carbocycles. The van der Waals surface area contributed by atoms with Crippen LogP contribution in [0.15, 0.2) is 18.2 Å². The predicted octanol–water partition coefficient (Wildman–Crippen LogP) is 2.76. The number of fused-ring (bicyclic) bond motifs is 1. The van der Waals surface area contributed by atoms with Crippen LogP contribution in [0.25, 0.3) is 0 Å². The van der Waals surface area contributed by atoms with E-state index in [9.17, 15) is 14.4 Å². The molecule has 1 N–H and O–H groups in total. The molecule has 1 atom stereocenters. The van der Waals surface area contributed by atoms with Gasteiger partial charge in [0.15, 0.2) is 6.10 Å². The van der Waals surface area contributed by atoms with Crippen LogP contribution in [-0.2, 0) is 20.7 Å². The first-order valence-corrected chi connectivity index (χ1v) is 8.66. The minimum absolute atomic E-state index is 0.0236. The fraction of sp³-hybridized carbons (Fsp3) is 0.526. The van der Waals surface area contributed by atoms with E-state index in [1.807, 2.05) is 27.7 Å². The molecule has 6 nitrogen and oxygen atoms in total. The normalized spacial score (nSPS) is 14.8. The van der Waals surface area contributed by atoms with Crippen LogP contribution in [0.2, 0.25) is 0 Å². The Hall–Kier alpha value is -2.37. The Labute approximate surface area is 148 Å². The first-order valence-electron chi connectivity index (χ1n) is 8.66. The maximum Gasteiger partial charge on any atom is 0.338 e. The molecule has 1 aromatic rings. The summed E-state index contributed by atoms with van der Waals surface area (Å²) >= 11 is 0. The second-order valence-corrected chi connectivity index (χ2v) is 6.90. The zero-order valence-electron chi connectivity index (χ0n) is 15.5. The Balaban J connectivity index is 2.09. The van der Waals surface area contributed by atoms with Gasteiger partial charge in [0.25, 0.3) is 5.91 Å². The minimum Gasteiger partial charge on any atom is -0.449 e. The van der Waals surface area contributed by atoms with E-state index in [1.165, 1.54) is 0 Å². The van der Waals surface area contributed by atoms with E-state index >= 15 is 0 Å². The Morgan fingerprint density at radius 3 is 2.32 bits per heavy atom. The van der Waals surface area contributed by atoms with E-state index in [0.717, 1.165) is 11.3 Å². The topological polar surface area (TPSA) is 75.7 Å². The molecule has 0 aromatic heterocycles. The Kier molecular flexibility index (Phi) is 5.82. The minimum atomic E-state index is -0.854. The second-order valence-electron chi connectivity index (χ2n) is 6.90. The van der Waals surface area contributed by atoms with Crippen molar-refractivity contribution in [1.29, 1.82) is 0 Å². The Morgan fingerprint density at radius 1 is 1.08 bits per heavy atom. The standard InChI is InChI=1S/C19H26N2O4/c1-11(2)21(12(3)4)18(23)13(5)25-19(24)15-6-8-16-14(10-15)7-9-17(22)20-16/h6,8,10-13H,7,9H2,1-5H3,(H,20,22)/t13-/m0/s1. The third-order valence-electron chi connectivity index (χ3n) is 4.24. The van der Waals surface area contributed by atoms with Crippen molar-refractivity contribution >= 4 is 23.5 Å². The van der Waals surface area contributed by atoms with Gasteiger partial charge < -0.3 is 15.0 Å². The van der Waals surface area contributed by atoms with E-state index in [4.69, 9.17) is 4.74 Å². The number of carbonyl (C=O) groups is 3. The van der Waals surface area contributed by atoms with Crippen LogP contribution in [0.5, 0.6) is 0 Å². The van der Waals surface area contributed by atoms with Crippen LogP contribution >= 0.6 is 0 Å². The number of hydrogen-bond acceptors (Lipinski definition) is 4. The molecule has 6 heteroatoms. The van der Waals surface area contributed by atoms with Crippen molar-refractivity contribution in [3.05, 3.63) is 29.3 Å². The molecular weight excluding hydrogens is 320 g/mol. The molecule has 1 aliphatic rings. The summed E-state index contributed by atoms with van der Waals surface area (Å²) in [5.41, 5.74) is 2.01. The van der Waals surface area contributed by atoms with E-state index < -0.39 is 12.1 Å². The van der Waals surface area contributed by atoms with Crippen molar-refractivity contribution < 1.29 is 19.1 Å². The maximum absolute atomic E-state index is 12.6. The van der Waals surface area contributed by atoms with Crippen molar-refractivity contribution in [2.45, 2.75) is 65.6 Å². The van der Waals surface area contributed by atoms with E-state index in [2.05, 4.69) is 5.32 Å². The highest BCUT2D eigenvalue weighted by atomic mass is 16.5. The lowest BCUT2D eigenvalue weighted by atomic mass is 10.0. The summed E-state index contributed by atoms with van der Waals surface area (Å²) in [7, 11) is 0. The lowest BCUT2D eigenvalue weighted by Crippen LogP contribution is -2.47. The molecule has 0 aliphatic carbocycles. The zero-order valence-corrected chi connectivity index (χ0v) is 15.5. The lowest BCUT2D eigenvalue weighted by Gasteiger charge is -2.32. The summed E-state index contributed by atoms with van der Waals surface area (Å²) in [4.78, 5) is 38.1. The lowest BCUT2D eigenvalue weighted by molar-refractivity contribution is -0.143. The number of amides is 2. The molecule has 136 valence electrons. The number of esters is 1. The Bertz CT molecular complexity index is 674. The van der Waals surface area contributed by atoms with Crippen molar-refractivity contribution in [3.8, 4) is 0 Å². The number of hydrogen-bond donors (Lipinski definition) is 1. The molecule has 1 aliphatic heterocycles. The maximum atomic E-state index is 12.6. The van der Waals surface area contributed by atoms with Crippen LogP contribution < -0.4 is 5.32 Å². The molecule has 0 saturated carbocycles. The fourth-order valence-electron chi connectivity index (χ4n) is 3.10. The largest absolute Gasteiger partial charge is 0.449 e. The number of ether oxygens (including phenoxy) is 1. The molecule has 0 fully saturated rings. The van der Waals surface area contributed by atoms with Gasteiger partial charge in [-0.3, -0.25) is 9.59 Å². The molecule has 25 heavy (non-hydrogen) atoms. The van der Waals surface area contributed by atoms with Gasteiger partial charge in [0.2, 0.25) is 5.91 Å². The van der Waals surface area contributed by atoms with Gasteiger partial charge in [-0.2, -0.15) is 0 Å². The zero-order chi connectivity index (χ0) is 18.7. The van der Waals surface area contributed by atoms with Crippen molar-refractivity contribution in [2.75, 3.05) is 5.32 Å². The Morgan fingerprint density at radius 2 is 1.72 bits per heavy atom. The summed E-state index contributed by atoms with van der Waals surface area (Å²) in [6, 6.07) is 5.08. The third-order valence-corrected chi connectivity index (χ3v) is 4.24. The van der Waals surface area contributed by atoms with E-state index in [0.29, 0.717) is 18.4 Å². The quantitative estimate of drug-likeness (QED) is 0.832. The van der Waals surface area contributed by atoms with Crippen molar-refractivity contribution in [2.24, 2.45) is 0 Å². The third kappa shape index (κ3) is 4.38. The van der Waals surface area contributed by atoms with E-state index in [1.54, 1.807) is 30.0 Å². The average molecular weight is 346 g/mol. The molecule has 0 radical (unpaired) electrons. The number of nitrogens with zero attached hydrogens (tertiary/aromatic N) is 1. The molecule has 2 amide bonds. The van der Waals surface area contributed by atoms with Gasteiger partial charge in [-0.05, 0) is 64.8 Å². The summed E-state index contributed by atoms with van der Waals surface area (Å²) in [5.74, 6) is -0.763. The van der Waals surface area contributed by atoms with Crippen LogP contribution in [0.1, 0.15) is 57.0 Å². The summed E-state index contributed by atoms with van der Waals surface area (Å²) < 4.78 is 5.37. The van der Waals surface area contributed by atoms with Crippen molar-refractivity contribution in [1.82, 2.24) is 4.90 Å². The number of aryl methyl sites for hydroxylation is 1. The summed E-state index contributed by atoms with van der Waals surface area (Å²) in [6.45, 7) is 9.33. The molecule has 2 rings (SSSR count). The molecule has 0 bridgehead atoms. The average Bonchev–Trinajstić information content (AvgIpc) is 2.53. The van der Waals surface area contributed by atoms with Gasteiger partial charge in [0.1, 0.15) is 0 Å². The summed E-state index contributed by atoms with van der Waals surface area (Å²) in [6.07, 6.45) is 0.136. The highest BCUT2D eigenvalue weighted by Gasteiger charge is 2.28. The monoisotopic (exact) mass is 346 g/mol. The fourth-order valence-corrected chi connectivity index (χ4v) is 3.10. The van der Waals surface area contributed by atoms with E-state index in [-0.39, 0.29) is 23.9 Å². The number of anilines is 1. The highest BCUT2D eigenvalue weighted by molar-refractivity contribution is 5.96. The van der Waals surface area contributed by atoms with Gasteiger partial charge >= 0.3 is 5.97 Å². The van der Waals surface area contributed by atoms with Gasteiger partial charge in [-0.1, -0.05) is 0 Å². The van der Waals surface area contributed by atoms with Crippen molar-refractivity contribution in [3.63, 3.8) is 0 Å². The summed E-state index contributed by atoms with van der Waals surface area (Å²) in [5, 5.41) is 2.77. The van der Waals surface area contributed by atoms with Gasteiger partial charge in [-0.25, -0.2) is 4.79 Å². The van der Waals surface area contributed by atoms with Gasteiger partial charge in [0.05, 0.1) is 5.56 Å². The second kappa shape index (κ2) is 7.68. The molecule has 0 spiro atoms. The number of carbonyl (C=O) groups excluding carboxylic acids is 3. The van der Waals surface area contributed by atoms with Crippen LogP contribution in [0.3, 0.4) is 0 Å². The van der Waals surface area contributed by atoms with Crippen LogP contribution in [0.4, 0.5) is 5.69 Å². The molecule has 1 heterocycles. The van der Waals surface area contributed by atoms with Gasteiger partial charge in [0, 0.05) is 24.2 Å². The molecular formula is C19H26N2O4. The highest BCUT2D eigenvalue weighted by Crippen LogP contribution is 2.24. The smallest absolute Gasteiger partial charge is 0.338 e. The first-order chi connectivity index (χ1) is 11.7. The van der Waals surface area contributed by atoms with Crippen LogP contribution in [-0.4, -0.2) is 40.9 Å². The molecule has 0 unspecified atom stereocenters. The number of nitrogens with one attached hydrogen (secondary N) is 1. The number of rotatable bonds is 5. The van der Waals surface area contributed by atoms with Crippen LogP contribution in [0, 0.1) is 0 Å². The predicted molar refractivity (Wildman–Crippen MR) is 95.4 cm³/mol. The number of benzene rings is 1.